The first-order valence-corrected chi connectivity index (χ1v) is 5.27. The van der Waals surface area contributed by atoms with Crippen LogP contribution in [0.15, 0.2) is 47.9 Å². The molecule has 1 aliphatic heterocycles. The number of allylic oxidation sites excluding steroid dienone is 6. The molecule has 0 aromatic heterocycles. The van der Waals surface area contributed by atoms with Crippen LogP contribution in [0.1, 0.15) is 6.42 Å². The van der Waals surface area contributed by atoms with Crippen LogP contribution in [0.3, 0.4) is 0 Å². The van der Waals surface area contributed by atoms with Gasteiger partial charge in [0.2, 0.25) is 0 Å². The van der Waals surface area contributed by atoms with E-state index < -0.39 is 0 Å². The lowest BCUT2D eigenvalue weighted by Gasteiger charge is -1.57. The second kappa shape index (κ2) is 5.00. The van der Waals surface area contributed by atoms with Gasteiger partial charge in [0.1, 0.15) is 0 Å². The summed E-state index contributed by atoms with van der Waals surface area (Å²) in [6.45, 7) is 0. The standard InChI is InChI=1S/C5H6.C4H6Si/c2*1-2-4-5-3-1/h2*1-4H,5H2. The molecule has 1 heterocycles. The van der Waals surface area contributed by atoms with Gasteiger partial charge in [-0.3, -0.25) is 0 Å². The molecule has 0 unspecified atom stereocenters. The molecule has 2 aliphatic rings. The predicted octanol–water partition coefficient (Wildman–Crippen LogP) is 1.70. The first-order chi connectivity index (χ1) is 5.00. The molecule has 1 aliphatic carbocycles. The summed E-state index contributed by atoms with van der Waals surface area (Å²) in [6, 6.07) is 0. The zero-order chi connectivity index (χ0) is 7.07. The Balaban J connectivity index is 0.0000001000. The minimum Gasteiger partial charge on any atom is -0.0969 e. The van der Waals surface area contributed by atoms with Crippen LogP contribution in [0.4, 0.5) is 0 Å². The van der Waals surface area contributed by atoms with Gasteiger partial charge in [-0.25, -0.2) is 0 Å². The highest BCUT2D eigenvalue weighted by Gasteiger charge is 1.73. The summed E-state index contributed by atoms with van der Waals surface area (Å²) in [6.07, 6.45) is 13.7. The predicted molar refractivity (Wildman–Crippen MR) is 49.7 cm³/mol. The van der Waals surface area contributed by atoms with Crippen molar-refractivity contribution in [2.75, 3.05) is 0 Å². The summed E-state index contributed by atoms with van der Waals surface area (Å²) >= 11 is 0. The highest BCUT2D eigenvalue weighted by Crippen LogP contribution is 1.93. The normalized spacial score (nSPS) is 17.6. The van der Waals surface area contributed by atoms with Gasteiger partial charge in [0.25, 0.3) is 0 Å². The van der Waals surface area contributed by atoms with Crippen molar-refractivity contribution in [3.05, 3.63) is 47.9 Å². The molecule has 0 aromatic carbocycles. The van der Waals surface area contributed by atoms with Gasteiger partial charge >= 0.3 is 0 Å². The summed E-state index contributed by atoms with van der Waals surface area (Å²) in [7, 11) is 0.182. The van der Waals surface area contributed by atoms with Crippen LogP contribution in [-0.2, 0) is 0 Å². The van der Waals surface area contributed by atoms with Crippen molar-refractivity contribution >= 4 is 9.52 Å². The van der Waals surface area contributed by atoms with E-state index in [9.17, 15) is 0 Å². The minimum atomic E-state index is 0.182. The van der Waals surface area contributed by atoms with Crippen LogP contribution in [0, 0.1) is 0 Å². The van der Waals surface area contributed by atoms with E-state index in [0.29, 0.717) is 0 Å². The molecule has 0 radical (unpaired) electrons. The van der Waals surface area contributed by atoms with Gasteiger partial charge < -0.3 is 0 Å². The van der Waals surface area contributed by atoms with Gasteiger partial charge in [-0.1, -0.05) is 47.9 Å². The van der Waals surface area contributed by atoms with Crippen LogP contribution in [-0.4, -0.2) is 9.52 Å². The Bertz CT molecular complexity index is 143. The van der Waals surface area contributed by atoms with E-state index >= 15 is 0 Å². The maximum absolute atomic E-state index is 2.26. The van der Waals surface area contributed by atoms with Crippen LogP contribution in [0.2, 0.25) is 0 Å². The highest BCUT2D eigenvalue weighted by molar-refractivity contribution is 6.49. The second-order valence-corrected chi connectivity index (χ2v) is 3.60. The van der Waals surface area contributed by atoms with E-state index in [-0.39, 0.29) is 9.52 Å². The van der Waals surface area contributed by atoms with E-state index in [1.807, 2.05) is 0 Å². The third-order valence-electron chi connectivity index (χ3n) is 1.31. The lowest BCUT2D eigenvalue weighted by molar-refractivity contribution is 1.45. The van der Waals surface area contributed by atoms with Crippen molar-refractivity contribution in [3.8, 4) is 0 Å². The van der Waals surface area contributed by atoms with Gasteiger partial charge in [-0.05, 0) is 6.42 Å². The number of hydrogen-bond donors (Lipinski definition) is 0. The summed E-state index contributed by atoms with van der Waals surface area (Å²) in [5.41, 5.74) is 4.53. The van der Waals surface area contributed by atoms with Crippen molar-refractivity contribution in [2.45, 2.75) is 6.42 Å². The summed E-state index contributed by atoms with van der Waals surface area (Å²) in [4.78, 5) is 0. The summed E-state index contributed by atoms with van der Waals surface area (Å²) in [5, 5.41) is 0. The Morgan fingerprint density at radius 3 is 1.60 bits per heavy atom. The molecule has 0 N–H and O–H groups in total. The molecule has 0 saturated carbocycles. The Labute approximate surface area is 64.5 Å². The average molecular weight is 148 g/mol. The van der Waals surface area contributed by atoms with Crippen LogP contribution >= 0.6 is 0 Å². The second-order valence-electron chi connectivity index (χ2n) is 2.18. The molecule has 0 atom stereocenters. The van der Waals surface area contributed by atoms with Gasteiger partial charge in [0, 0.05) is 0 Å². The molecule has 2 rings (SSSR count). The molecule has 0 aromatic rings. The fourth-order valence-corrected chi connectivity index (χ4v) is 1.57. The first kappa shape index (κ1) is 7.29. The molecular weight excluding hydrogens is 136 g/mol. The molecular formula is C9H12Si. The number of hydrogen-bond acceptors (Lipinski definition) is 0. The molecule has 0 saturated heterocycles. The Kier molecular flexibility index (Phi) is 3.64. The quantitative estimate of drug-likeness (QED) is 0.459. The van der Waals surface area contributed by atoms with Gasteiger partial charge in [-0.15, -0.1) is 0 Å². The minimum absolute atomic E-state index is 0.182. The Morgan fingerprint density at radius 1 is 0.800 bits per heavy atom. The molecule has 52 valence electrons. The topological polar surface area (TPSA) is 0 Å². The maximum Gasteiger partial charge on any atom is 0.0691 e. The lowest BCUT2D eigenvalue weighted by atomic mass is 10.5. The zero-order valence-corrected chi connectivity index (χ0v) is 7.45. The lowest BCUT2D eigenvalue weighted by Crippen LogP contribution is -1.63. The first-order valence-electron chi connectivity index (χ1n) is 3.63. The maximum atomic E-state index is 2.26. The molecule has 0 bridgehead atoms. The molecule has 1 heteroatoms. The summed E-state index contributed by atoms with van der Waals surface area (Å²) in [5.74, 6) is 0. The van der Waals surface area contributed by atoms with Gasteiger partial charge in [0.15, 0.2) is 0 Å². The fourth-order valence-electron chi connectivity index (χ4n) is 0.786. The van der Waals surface area contributed by atoms with Crippen LogP contribution in [0.25, 0.3) is 0 Å². The van der Waals surface area contributed by atoms with Crippen LogP contribution < -0.4 is 0 Å². The van der Waals surface area contributed by atoms with E-state index in [0.717, 1.165) is 6.42 Å². The molecule has 0 fully saturated rings. The highest BCUT2D eigenvalue weighted by atomic mass is 28.2. The van der Waals surface area contributed by atoms with E-state index in [1.165, 1.54) is 0 Å². The van der Waals surface area contributed by atoms with Crippen LogP contribution in [0.5, 0.6) is 0 Å². The van der Waals surface area contributed by atoms with Crippen molar-refractivity contribution in [1.29, 1.82) is 0 Å². The third kappa shape index (κ3) is 3.25. The van der Waals surface area contributed by atoms with E-state index in [1.54, 1.807) is 0 Å². The third-order valence-corrected chi connectivity index (χ3v) is 2.40. The zero-order valence-electron chi connectivity index (χ0n) is 6.03. The Hall–Kier alpha value is -0.823. The monoisotopic (exact) mass is 148 g/mol. The van der Waals surface area contributed by atoms with Crippen molar-refractivity contribution in [1.82, 2.24) is 0 Å². The molecule has 0 spiro atoms. The SMILES string of the molecule is C1=CCC=C1.C1=C[SiH2]C=C1. The molecule has 0 nitrogen and oxygen atoms in total. The Morgan fingerprint density at radius 2 is 1.40 bits per heavy atom. The average Bonchev–Trinajstić information content (AvgIpc) is 2.67. The van der Waals surface area contributed by atoms with Crippen molar-refractivity contribution in [2.24, 2.45) is 0 Å². The van der Waals surface area contributed by atoms with Crippen molar-refractivity contribution < 1.29 is 0 Å². The largest absolute Gasteiger partial charge is 0.0969 e. The fraction of sp³-hybridized carbons (Fsp3) is 0.111. The summed E-state index contributed by atoms with van der Waals surface area (Å²) < 4.78 is 0. The van der Waals surface area contributed by atoms with Crippen molar-refractivity contribution in [3.63, 3.8) is 0 Å². The van der Waals surface area contributed by atoms with Gasteiger partial charge in [-0.2, -0.15) is 0 Å². The molecule has 0 amide bonds. The van der Waals surface area contributed by atoms with E-state index in [4.69, 9.17) is 0 Å². The smallest absolute Gasteiger partial charge is 0.0691 e. The number of rotatable bonds is 0. The van der Waals surface area contributed by atoms with Gasteiger partial charge in [0.05, 0.1) is 9.52 Å². The molecule has 10 heavy (non-hydrogen) atoms. The van der Waals surface area contributed by atoms with E-state index in [2.05, 4.69) is 47.9 Å².